The van der Waals surface area contributed by atoms with Crippen LogP contribution < -0.4 is 0 Å². The first-order chi connectivity index (χ1) is 8.16. The number of amides is 1. The SMILES string of the molecule is CC1(c2ccc(F)c(F)c2)CC(=O)N1S(=O)(=O)Cl. The number of nitrogens with zero attached hydrogens (tertiary/aromatic N) is 1. The maximum Gasteiger partial charge on any atom is 0.324 e. The van der Waals surface area contributed by atoms with Crippen molar-refractivity contribution in [2.45, 2.75) is 18.9 Å². The van der Waals surface area contributed by atoms with Gasteiger partial charge in [-0.05, 0) is 24.6 Å². The van der Waals surface area contributed by atoms with E-state index in [0.29, 0.717) is 4.31 Å². The zero-order chi connectivity index (χ0) is 13.7. The summed E-state index contributed by atoms with van der Waals surface area (Å²) in [6.07, 6.45) is -0.135. The molecule has 1 aliphatic heterocycles. The van der Waals surface area contributed by atoms with Crippen LogP contribution in [0.5, 0.6) is 0 Å². The Bertz CT molecular complexity index is 634. The Morgan fingerprint density at radius 2 is 1.94 bits per heavy atom. The molecule has 0 spiro atoms. The first-order valence-corrected chi connectivity index (χ1v) is 7.16. The first-order valence-electron chi connectivity index (χ1n) is 4.89. The molecule has 1 atom stereocenters. The standard InChI is InChI=1S/C10H8ClF2NO3S/c1-10(5-9(15)14(10)18(11,16)17)6-2-3-7(12)8(13)4-6/h2-4H,5H2,1H3. The van der Waals surface area contributed by atoms with Crippen molar-refractivity contribution in [1.82, 2.24) is 4.31 Å². The van der Waals surface area contributed by atoms with E-state index in [1.165, 1.54) is 13.0 Å². The Hall–Kier alpha value is -1.21. The predicted molar refractivity (Wildman–Crippen MR) is 59.9 cm³/mol. The average Bonchev–Trinajstić information content (AvgIpc) is 2.18. The van der Waals surface area contributed by atoms with Crippen molar-refractivity contribution in [3.8, 4) is 0 Å². The molecule has 1 heterocycles. The number of β-lactam (4-membered cyclic amide) rings is 1. The van der Waals surface area contributed by atoms with Crippen LogP contribution in [0.3, 0.4) is 0 Å². The van der Waals surface area contributed by atoms with Crippen molar-refractivity contribution in [3.63, 3.8) is 0 Å². The fourth-order valence-corrected chi connectivity index (χ4v) is 3.68. The molecule has 0 aliphatic carbocycles. The third-order valence-electron chi connectivity index (χ3n) is 2.93. The van der Waals surface area contributed by atoms with Gasteiger partial charge in [-0.1, -0.05) is 6.07 Å². The Morgan fingerprint density at radius 3 is 2.39 bits per heavy atom. The highest BCUT2D eigenvalue weighted by atomic mass is 35.7. The van der Waals surface area contributed by atoms with E-state index < -0.39 is 32.3 Å². The number of hydrogen-bond acceptors (Lipinski definition) is 3. The van der Waals surface area contributed by atoms with Gasteiger partial charge in [0.2, 0.25) is 5.91 Å². The smallest absolute Gasteiger partial charge is 0.274 e. The van der Waals surface area contributed by atoms with Crippen LogP contribution in [0.4, 0.5) is 8.78 Å². The molecule has 1 aromatic carbocycles. The zero-order valence-electron chi connectivity index (χ0n) is 9.15. The normalized spacial score (nSPS) is 24.0. The number of benzene rings is 1. The lowest BCUT2D eigenvalue weighted by Gasteiger charge is -2.47. The van der Waals surface area contributed by atoms with E-state index in [1.54, 1.807) is 0 Å². The van der Waals surface area contributed by atoms with E-state index in [9.17, 15) is 22.0 Å². The van der Waals surface area contributed by atoms with Crippen molar-refractivity contribution >= 4 is 25.8 Å². The Balaban J connectivity index is 2.50. The van der Waals surface area contributed by atoms with Crippen molar-refractivity contribution in [2.24, 2.45) is 0 Å². The Kier molecular flexibility index (Phi) is 2.86. The zero-order valence-corrected chi connectivity index (χ0v) is 10.7. The van der Waals surface area contributed by atoms with Crippen molar-refractivity contribution in [3.05, 3.63) is 35.4 Å². The molecule has 1 fully saturated rings. The van der Waals surface area contributed by atoms with Crippen LogP contribution in [0.15, 0.2) is 18.2 Å². The van der Waals surface area contributed by atoms with Gasteiger partial charge >= 0.3 is 9.24 Å². The highest BCUT2D eigenvalue weighted by Crippen LogP contribution is 2.44. The summed E-state index contributed by atoms with van der Waals surface area (Å²) in [6, 6.07) is 2.95. The molecule has 1 unspecified atom stereocenters. The molecule has 18 heavy (non-hydrogen) atoms. The molecule has 1 amide bonds. The number of carbonyl (C=O) groups is 1. The molecule has 1 aromatic rings. The predicted octanol–water partition coefficient (Wildman–Crippen LogP) is 1.90. The monoisotopic (exact) mass is 295 g/mol. The van der Waals surface area contributed by atoms with Gasteiger partial charge in [0.25, 0.3) is 0 Å². The minimum Gasteiger partial charge on any atom is -0.274 e. The second-order valence-corrected chi connectivity index (χ2v) is 6.54. The average molecular weight is 296 g/mol. The quantitative estimate of drug-likeness (QED) is 0.618. The second kappa shape index (κ2) is 3.89. The maximum absolute atomic E-state index is 13.1. The molecule has 2 rings (SSSR count). The lowest BCUT2D eigenvalue weighted by atomic mass is 9.82. The molecule has 0 N–H and O–H groups in total. The Labute approximate surface area is 107 Å². The highest BCUT2D eigenvalue weighted by molar-refractivity contribution is 8.12. The molecule has 0 bridgehead atoms. The van der Waals surface area contributed by atoms with Gasteiger partial charge < -0.3 is 0 Å². The number of carbonyl (C=O) groups excluding carboxylic acids is 1. The van der Waals surface area contributed by atoms with Crippen LogP contribution in [0.25, 0.3) is 0 Å². The van der Waals surface area contributed by atoms with E-state index in [1.807, 2.05) is 0 Å². The van der Waals surface area contributed by atoms with Crippen LogP contribution in [-0.4, -0.2) is 18.6 Å². The van der Waals surface area contributed by atoms with Crippen molar-refractivity contribution in [1.29, 1.82) is 0 Å². The van der Waals surface area contributed by atoms with Crippen LogP contribution in [0.2, 0.25) is 0 Å². The lowest BCUT2D eigenvalue weighted by molar-refractivity contribution is -0.144. The van der Waals surface area contributed by atoms with Gasteiger partial charge in [-0.25, -0.2) is 13.1 Å². The van der Waals surface area contributed by atoms with Crippen LogP contribution in [-0.2, 0) is 19.6 Å². The second-order valence-electron chi connectivity index (χ2n) is 4.18. The van der Waals surface area contributed by atoms with E-state index in [4.69, 9.17) is 10.7 Å². The maximum atomic E-state index is 13.1. The summed E-state index contributed by atoms with van der Waals surface area (Å²) in [5, 5.41) is 0. The summed E-state index contributed by atoms with van der Waals surface area (Å²) in [5.41, 5.74) is -1.10. The van der Waals surface area contributed by atoms with Crippen LogP contribution in [0, 0.1) is 11.6 Å². The summed E-state index contributed by atoms with van der Waals surface area (Å²) < 4.78 is 48.9. The third-order valence-corrected chi connectivity index (χ3v) is 4.39. The molecular formula is C10H8ClF2NO3S. The summed E-state index contributed by atoms with van der Waals surface area (Å²) in [7, 11) is 0.890. The summed E-state index contributed by atoms with van der Waals surface area (Å²) in [6.45, 7) is 1.42. The minimum atomic E-state index is -4.25. The Morgan fingerprint density at radius 1 is 1.33 bits per heavy atom. The van der Waals surface area contributed by atoms with Gasteiger partial charge in [-0.15, -0.1) is 0 Å². The van der Waals surface area contributed by atoms with Gasteiger partial charge in [0.05, 0.1) is 12.0 Å². The molecule has 1 saturated heterocycles. The van der Waals surface area contributed by atoms with E-state index >= 15 is 0 Å². The van der Waals surface area contributed by atoms with Crippen LogP contribution >= 0.6 is 10.7 Å². The largest absolute Gasteiger partial charge is 0.324 e. The number of rotatable bonds is 2. The number of hydrogen-bond donors (Lipinski definition) is 0. The molecule has 4 nitrogen and oxygen atoms in total. The number of halogens is 3. The molecule has 8 heteroatoms. The van der Waals surface area contributed by atoms with E-state index in [2.05, 4.69) is 0 Å². The van der Waals surface area contributed by atoms with Gasteiger partial charge in [-0.3, -0.25) is 4.79 Å². The van der Waals surface area contributed by atoms with E-state index in [0.717, 1.165) is 12.1 Å². The molecule has 0 radical (unpaired) electrons. The van der Waals surface area contributed by atoms with E-state index in [-0.39, 0.29) is 12.0 Å². The molecule has 1 aliphatic rings. The topological polar surface area (TPSA) is 54.5 Å². The fraction of sp³-hybridized carbons (Fsp3) is 0.300. The third kappa shape index (κ3) is 1.87. The fourth-order valence-electron chi connectivity index (χ4n) is 2.03. The molecule has 0 saturated carbocycles. The van der Waals surface area contributed by atoms with Gasteiger partial charge in [0.1, 0.15) is 0 Å². The highest BCUT2D eigenvalue weighted by Gasteiger charge is 2.54. The summed E-state index contributed by atoms with van der Waals surface area (Å²) in [4.78, 5) is 11.3. The summed E-state index contributed by atoms with van der Waals surface area (Å²) >= 11 is 0. The molecule has 0 aromatic heterocycles. The molecule has 98 valence electrons. The molecular weight excluding hydrogens is 288 g/mol. The van der Waals surface area contributed by atoms with Gasteiger partial charge in [0, 0.05) is 10.7 Å². The minimum absolute atomic E-state index is 0.135. The van der Waals surface area contributed by atoms with Gasteiger partial charge in [-0.2, -0.15) is 8.42 Å². The first kappa shape index (κ1) is 13.2. The lowest BCUT2D eigenvalue weighted by Crippen LogP contribution is -2.60. The van der Waals surface area contributed by atoms with Crippen molar-refractivity contribution in [2.75, 3.05) is 0 Å². The van der Waals surface area contributed by atoms with Crippen molar-refractivity contribution < 1.29 is 22.0 Å². The van der Waals surface area contributed by atoms with Crippen LogP contribution in [0.1, 0.15) is 18.9 Å². The van der Waals surface area contributed by atoms with Gasteiger partial charge in [0.15, 0.2) is 11.6 Å². The summed E-state index contributed by atoms with van der Waals surface area (Å²) in [5.74, 6) is -2.84.